The van der Waals surface area contributed by atoms with Crippen molar-refractivity contribution in [1.29, 1.82) is 0 Å². The first-order valence-corrected chi connectivity index (χ1v) is 11.8. The van der Waals surface area contributed by atoms with Gasteiger partial charge < -0.3 is 15.0 Å². The lowest BCUT2D eigenvalue weighted by atomic mass is 9.87. The second-order valence-electron chi connectivity index (χ2n) is 9.43. The Morgan fingerprint density at radius 2 is 1.91 bits per heavy atom. The third-order valence-corrected chi connectivity index (χ3v) is 5.79. The first-order valence-electron chi connectivity index (χ1n) is 11.8. The molecule has 0 fully saturated rings. The number of carbonyl (C=O) groups is 2. The van der Waals surface area contributed by atoms with Crippen LogP contribution in [0, 0.1) is 11.7 Å². The van der Waals surface area contributed by atoms with Gasteiger partial charge in [-0.1, -0.05) is 39.0 Å². The minimum absolute atomic E-state index is 0.0246. The van der Waals surface area contributed by atoms with Crippen LogP contribution in [0.3, 0.4) is 0 Å². The van der Waals surface area contributed by atoms with Crippen molar-refractivity contribution in [1.82, 2.24) is 10.2 Å². The fourth-order valence-corrected chi connectivity index (χ4v) is 4.30. The summed E-state index contributed by atoms with van der Waals surface area (Å²) >= 11 is 0. The van der Waals surface area contributed by atoms with Crippen LogP contribution in [-0.4, -0.2) is 35.4 Å². The van der Waals surface area contributed by atoms with Crippen LogP contribution in [0.5, 0.6) is 5.75 Å². The smallest absolute Gasteiger partial charge is 0.261 e. The van der Waals surface area contributed by atoms with Gasteiger partial charge in [-0.2, -0.15) is 0 Å². The van der Waals surface area contributed by atoms with E-state index in [1.165, 1.54) is 12.1 Å². The maximum atomic E-state index is 14.2. The van der Waals surface area contributed by atoms with Crippen LogP contribution in [0.2, 0.25) is 0 Å². The molecule has 5 nitrogen and oxygen atoms in total. The van der Waals surface area contributed by atoms with Crippen molar-refractivity contribution in [3.63, 3.8) is 0 Å². The number of rotatable bonds is 8. The molecule has 0 saturated heterocycles. The van der Waals surface area contributed by atoms with Crippen LogP contribution in [0.1, 0.15) is 70.2 Å². The lowest BCUT2D eigenvalue weighted by molar-refractivity contribution is -0.134. The van der Waals surface area contributed by atoms with Crippen molar-refractivity contribution >= 4 is 11.8 Å². The highest BCUT2D eigenvalue weighted by Crippen LogP contribution is 2.38. The predicted octanol–water partition coefficient (Wildman–Crippen LogP) is 5.03. The van der Waals surface area contributed by atoms with Crippen LogP contribution < -0.4 is 10.1 Å². The molecular formula is C27H35FN2O3. The number of hydrogen-bond donors (Lipinski definition) is 1. The highest BCUT2D eigenvalue weighted by atomic mass is 19.1. The predicted molar refractivity (Wildman–Crippen MR) is 128 cm³/mol. The molecule has 2 aromatic rings. The molecule has 0 saturated carbocycles. The molecule has 1 aliphatic heterocycles. The molecule has 0 radical (unpaired) electrons. The molecule has 0 bridgehead atoms. The zero-order valence-electron chi connectivity index (χ0n) is 20.2. The summed E-state index contributed by atoms with van der Waals surface area (Å²) in [6.07, 6.45) is 1.07. The third kappa shape index (κ3) is 6.12. The van der Waals surface area contributed by atoms with Gasteiger partial charge in [-0.25, -0.2) is 4.39 Å². The molecule has 1 heterocycles. The molecule has 1 aliphatic rings. The maximum absolute atomic E-state index is 14.2. The van der Waals surface area contributed by atoms with Crippen LogP contribution in [-0.2, 0) is 16.0 Å². The van der Waals surface area contributed by atoms with Crippen molar-refractivity contribution in [3.05, 3.63) is 65.0 Å². The van der Waals surface area contributed by atoms with Gasteiger partial charge >= 0.3 is 0 Å². The number of hydrogen-bond acceptors (Lipinski definition) is 3. The Labute approximate surface area is 196 Å². The molecule has 2 atom stereocenters. The molecule has 0 unspecified atom stereocenters. The van der Waals surface area contributed by atoms with E-state index in [1.54, 1.807) is 6.07 Å². The molecule has 6 heteroatoms. The number of benzene rings is 2. The van der Waals surface area contributed by atoms with Gasteiger partial charge in [-0.05, 0) is 73.6 Å². The van der Waals surface area contributed by atoms with E-state index in [2.05, 4.69) is 5.32 Å². The summed E-state index contributed by atoms with van der Waals surface area (Å²) in [6.45, 7) is 10.4. The van der Waals surface area contributed by atoms with Crippen molar-refractivity contribution in [2.75, 3.05) is 6.54 Å². The number of nitrogens with one attached hydrogen (secondary N) is 1. The maximum Gasteiger partial charge on any atom is 0.261 e. The van der Waals surface area contributed by atoms with Gasteiger partial charge in [0.25, 0.3) is 5.91 Å². The van der Waals surface area contributed by atoms with E-state index in [4.69, 9.17) is 4.74 Å². The molecule has 0 aliphatic carbocycles. The molecule has 0 spiro atoms. The topological polar surface area (TPSA) is 58.6 Å². The van der Waals surface area contributed by atoms with Gasteiger partial charge in [0.2, 0.25) is 5.91 Å². The summed E-state index contributed by atoms with van der Waals surface area (Å²) in [5.41, 5.74) is 2.75. The summed E-state index contributed by atoms with van der Waals surface area (Å²) in [5, 5.41) is 2.90. The van der Waals surface area contributed by atoms with Crippen LogP contribution in [0.4, 0.5) is 4.39 Å². The van der Waals surface area contributed by atoms with E-state index in [1.807, 2.05) is 63.8 Å². The lowest BCUT2D eigenvalue weighted by Crippen LogP contribution is -2.42. The monoisotopic (exact) mass is 454 g/mol. The van der Waals surface area contributed by atoms with Crippen molar-refractivity contribution in [3.8, 4) is 5.75 Å². The van der Waals surface area contributed by atoms with Gasteiger partial charge in [0.1, 0.15) is 11.6 Å². The van der Waals surface area contributed by atoms with Crippen molar-refractivity contribution in [2.45, 2.75) is 72.1 Å². The number of carbonyl (C=O) groups excluding carboxylic acids is 2. The van der Waals surface area contributed by atoms with Crippen LogP contribution in [0.15, 0.2) is 42.5 Å². The first kappa shape index (κ1) is 24.7. The molecule has 178 valence electrons. The summed E-state index contributed by atoms with van der Waals surface area (Å²) in [6, 6.07) is 11.8. The fraction of sp³-hybridized carbons (Fsp3) is 0.481. The Morgan fingerprint density at radius 3 is 2.55 bits per heavy atom. The summed E-state index contributed by atoms with van der Waals surface area (Å²) in [7, 11) is 0. The van der Waals surface area contributed by atoms with E-state index >= 15 is 0 Å². The number of ether oxygens (including phenoxy) is 1. The van der Waals surface area contributed by atoms with Crippen molar-refractivity contribution in [2.24, 2.45) is 5.92 Å². The standard InChI is InChI=1S/C27H35FN2O3/c1-6-24(27(32)29-18(4)5)33-22-11-10-19-12-13-30(25(31)14-17(2)3)26(23(19)16-22)20-8-7-9-21(28)15-20/h7-11,15-18,24,26H,6,12-14H2,1-5H3,(H,29,32)/t24-,26+/m1/s1. The first-order chi connectivity index (χ1) is 15.7. The van der Waals surface area contributed by atoms with Crippen molar-refractivity contribution < 1.29 is 18.7 Å². The Hall–Kier alpha value is -2.89. The minimum atomic E-state index is -0.611. The van der Waals surface area contributed by atoms with Gasteiger partial charge in [-0.15, -0.1) is 0 Å². The number of nitrogens with zero attached hydrogens (tertiary/aromatic N) is 1. The van der Waals surface area contributed by atoms with E-state index in [0.29, 0.717) is 25.1 Å². The lowest BCUT2D eigenvalue weighted by Gasteiger charge is -2.38. The normalized spacial score (nSPS) is 16.5. The zero-order chi connectivity index (χ0) is 24.1. The fourth-order valence-electron chi connectivity index (χ4n) is 4.30. The zero-order valence-corrected chi connectivity index (χ0v) is 20.2. The molecule has 2 amide bonds. The molecule has 2 aromatic carbocycles. The van der Waals surface area contributed by atoms with Crippen LogP contribution >= 0.6 is 0 Å². The molecule has 0 aromatic heterocycles. The Morgan fingerprint density at radius 1 is 1.15 bits per heavy atom. The number of amides is 2. The minimum Gasteiger partial charge on any atom is -0.481 e. The van der Waals surface area contributed by atoms with E-state index in [-0.39, 0.29) is 29.6 Å². The Bertz CT molecular complexity index is 989. The second-order valence-corrected chi connectivity index (χ2v) is 9.43. The molecule has 3 rings (SSSR count). The number of halogens is 1. The molecule has 1 N–H and O–H groups in total. The van der Waals surface area contributed by atoms with E-state index in [0.717, 1.165) is 23.1 Å². The van der Waals surface area contributed by atoms with E-state index < -0.39 is 12.1 Å². The van der Waals surface area contributed by atoms with Gasteiger partial charge in [0.05, 0.1) is 6.04 Å². The SMILES string of the molecule is CC[C@@H](Oc1ccc2c(c1)[C@H](c1cccc(F)c1)N(C(=O)CC(C)C)CC2)C(=O)NC(C)C. The van der Waals surface area contributed by atoms with E-state index in [9.17, 15) is 14.0 Å². The largest absolute Gasteiger partial charge is 0.481 e. The molecule has 33 heavy (non-hydrogen) atoms. The van der Waals surface area contributed by atoms with Gasteiger partial charge in [-0.3, -0.25) is 9.59 Å². The average Bonchev–Trinajstić information content (AvgIpc) is 2.75. The Kier molecular flexibility index (Phi) is 8.11. The summed E-state index contributed by atoms with van der Waals surface area (Å²) < 4.78 is 20.2. The van der Waals surface area contributed by atoms with Gasteiger partial charge in [0.15, 0.2) is 6.10 Å². The third-order valence-electron chi connectivity index (χ3n) is 5.79. The molecular weight excluding hydrogens is 419 g/mol. The Balaban J connectivity index is 1.99. The van der Waals surface area contributed by atoms with Crippen LogP contribution in [0.25, 0.3) is 0 Å². The number of fused-ring (bicyclic) bond motifs is 1. The quantitative estimate of drug-likeness (QED) is 0.609. The highest BCUT2D eigenvalue weighted by molar-refractivity contribution is 5.81. The summed E-state index contributed by atoms with van der Waals surface area (Å²) in [5.74, 6) is 0.366. The average molecular weight is 455 g/mol. The highest BCUT2D eigenvalue weighted by Gasteiger charge is 2.33. The van der Waals surface area contributed by atoms with Gasteiger partial charge in [0, 0.05) is 19.0 Å². The second kappa shape index (κ2) is 10.8. The summed E-state index contributed by atoms with van der Waals surface area (Å²) in [4.78, 5) is 27.5.